The summed E-state index contributed by atoms with van der Waals surface area (Å²) in [6.45, 7) is 21.3. The fourth-order valence-electron chi connectivity index (χ4n) is 4.68. The van der Waals surface area contributed by atoms with Crippen molar-refractivity contribution >= 4 is 28.9 Å². The summed E-state index contributed by atoms with van der Waals surface area (Å²) in [4.78, 5) is 0. The van der Waals surface area contributed by atoms with E-state index in [4.69, 9.17) is 9.31 Å². The third-order valence-electron chi connectivity index (χ3n) is 7.78. The second-order valence-electron chi connectivity index (χ2n) is 10.7. The molecule has 1 unspecified atom stereocenters. The standard InChI is InChI=1S/C29H36BNO2/c1-10-21(30-32-28(5,6)29(7,8)33-30)19-18-20(2)27(3,4)24-16-13-15-23-22-14-11-12-17-25(22)31(9)26(23)24/h10-19,21H,1-2H2,3-9H3/b19-18-. The molecule has 4 rings (SSSR count). The molecule has 1 aromatic heterocycles. The molecule has 0 bridgehead atoms. The van der Waals surface area contributed by atoms with Crippen molar-refractivity contribution in [2.24, 2.45) is 7.05 Å². The van der Waals surface area contributed by atoms with Gasteiger partial charge in [0.05, 0.1) is 16.7 Å². The minimum Gasteiger partial charge on any atom is -0.403 e. The molecule has 2 heterocycles. The van der Waals surface area contributed by atoms with Gasteiger partial charge in [0.15, 0.2) is 0 Å². The average molecular weight is 441 g/mol. The number of fused-ring (bicyclic) bond motifs is 3. The van der Waals surface area contributed by atoms with Gasteiger partial charge in [0.1, 0.15) is 0 Å². The maximum absolute atomic E-state index is 6.25. The highest BCUT2D eigenvalue weighted by Crippen LogP contribution is 2.42. The number of nitrogens with zero attached hydrogens (tertiary/aromatic N) is 1. The molecule has 0 aliphatic carbocycles. The normalized spacial score (nSPS) is 18.9. The van der Waals surface area contributed by atoms with Crippen molar-refractivity contribution in [1.82, 2.24) is 4.57 Å². The summed E-state index contributed by atoms with van der Waals surface area (Å²) >= 11 is 0. The molecule has 4 heteroatoms. The van der Waals surface area contributed by atoms with E-state index >= 15 is 0 Å². The number of aryl methyl sites for hydroxylation is 1. The molecule has 1 saturated heterocycles. The van der Waals surface area contributed by atoms with E-state index in [0.717, 1.165) is 5.57 Å². The molecular weight excluding hydrogens is 405 g/mol. The maximum Gasteiger partial charge on any atom is 0.469 e. The van der Waals surface area contributed by atoms with Crippen molar-refractivity contribution in [2.75, 3.05) is 0 Å². The number of allylic oxidation sites excluding steroid dienone is 4. The van der Waals surface area contributed by atoms with E-state index in [0.29, 0.717) is 0 Å². The molecule has 172 valence electrons. The highest BCUT2D eigenvalue weighted by molar-refractivity contribution is 6.49. The Hall–Kier alpha value is -2.56. The van der Waals surface area contributed by atoms with Gasteiger partial charge >= 0.3 is 7.12 Å². The van der Waals surface area contributed by atoms with Crippen LogP contribution < -0.4 is 0 Å². The lowest BCUT2D eigenvalue weighted by atomic mass is 9.70. The van der Waals surface area contributed by atoms with Gasteiger partial charge in [-0.3, -0.25) is 0 Å². The van der Waals surface area contributed by atoms with Crippen molar-refractivity contribution in [3.8, 4) is 0 Å². The van der Waals surface area contributed by atoms with Crippen LogP contribution in [0, 0.1) is 0 Å². The molecule has 3 aromatic rings. The molecule has 1 aliphatic heterocycles. The smallest absolute Gasteiger partial charge is 0.403 e. The van der Waals surface area contributed by atoms with E-state index in [9.17, 15) is 0 Å². The first-order valence-corrected chi connectivity index (χ1v) is 11.7. The molecule has 1 atom stereocenters. The van der Waals surface area contributed by atoms with Gasteiger partial charge in [-0.1, -0.05) is 75.1 Å². The van der Waals surface area contributed by atoms with Crippen LogP contribution in [0.2, 0.25) is 5.82 Å². The lowest BCUT2D eigenvalue weighted by Crippen LogP contribution is -2.41. The van der Waals surface area contributed by atoms with Crippen LogP contribution in [0.3, 0.4) is 0 Å². The van der Waals surface area contributed by atoms with Gasteiger partial charge in [-0.2, -0.15) is 0 Å². The Bertz CT molecular complexity index is 1250. The van der Waals surface area contributed by atoms with Crippen molar-refractivity contribution < 1.29 is 9.31 Å². The van der Waals surface area contributed by atoms with Gasteiger partial charge in [0.25, 0.3) is 0 Å². The molecular formula is C29H36BNO2. The summed E-state index contributed by atoms with van der Waals surface area (Å²) in [5.74, 6) is -0.0629. The minimum absolute atomic E-state index is 0.0629. The zero-order chi connectivity index (χ0) is 24.2. The first-order chi connectivity index (χ1) is 15.4. The Morgan fingerprint density at radius 2 is 1.61 bits per heavy atom. The minimum atomic E-state index is -0.368. The van der Waals surface area contributed by atoms with Gasteiger partial charge in [0, 0.05) is 34.6 Å². The van der Waals surface area contributed by atoms with Crippen molar-refractivity contribution in [1.29, 1.82) is 0 Å². The maximum atomic E-state index is 6.25. The van der Waals surface area contributed by atoms with Crippen molar-refractivity contribution in [3.05, 3.63) is 85.0 Å². The molecule has 0 radical (unpaired) electrons. The van der Waals surface area contributed by atoms with Gasteiger partial charge < -0.3 is 13.9 Å². The molecule has 0 saturated carbocycles. The first-order valence-electron chi connectivity index (χ1n) is 11.7. The summed E-state index contributed by atoms with van der Waals surface area (Å²) in [6, 6.07) is 15.2. The third-order valence-corrected chi connectivity index (χ3v) is 7.78. The summed E-state index contributed by atoms with van der Waals surface area (Å²) in [6.07, 6.45) is 6.11. The van der Waals surface area contributed by atoms with E-state index in [1.165, 1.54) is 27.4 Å². The van der Waals surface area contributed by atoms with Crippen LogP contribution in [0.15, 0.2) is 79.4 Å². The number of hydrogen-bond acceptors (Lipinski definition) is 2. The van der Waals surface area contributed by atoms with Crippen LogP contribution in [0.5, 0.6) is 0 Å². The van der Waals surface area contributed by atoms with E-state index in [-0.39, 0.29) is 29.6 Å². The highest BCUT2D eigenvalue weighted by Gasteiger charge is 2.52. The Kier molecular flexibility index (Phi) is 5.75. The molecule has 0 spiro atoms. The lowest BCUT2D eigenvalue weighted by Gasteiger charge is -2.32. The zero-order valence-corrected chi connectivity index (χ0v) is 21.1. The largest absolute Gasteiger partial charge is 0.469 e. The van der Waals surface area contributed by atoms with Crippen LogP contribution in [-0.2, 0) is 21.8 Å². The fraction of sp³-hybridized carbons (Fsp3) is 0.379. The average Bonchev–Trinajstić information content (AvgIpc) is 3.17. The van der Waals surface area contributed by atoms with E-state index < -0.39 is 0 Å². The van der Waals surface area contributed by atoms with E-state index in [1.807, 2.05) is 6.08 Å². The molecule has 1 aliphatic rings. The number of para-hydroxylation sites is 2. The summed E-state index contributed by atoms with van der Waals surface area (Å²) in [5.41, 5.74) is 3.79. The molecule has 0 amide bonds. The summed E-state index contributed by atoms with van der Waals surface area (Å²) in [5, 5.41) is 2.55. The fourth-order valence-corrected chi connectivity index (χ4v) is 4.68. The number of aromatic nitrogens is 1. The highest BCUT2D eigenvalue weighted by atomic mass is 16.7. The third kappa shape index (κ3) is 3.80. The van der Waals surface area contributed by atoms with E-state index in [2.05, 4.69) is 121 Å². The Balaban J connectivity index is 1.67. The second-order valence-corrected chi connectivity index (χ2v) is 10.7. The molecule has 3 nitrogen and oxygen atoms in total. The molecule has 0 N–H and O–H groups in total. The molecule has 2 aromatic carbocycles. The predicted octanol–water partition coefficient (Wildman–Crippen LogP) is 7.37. The number of hydrogen-bond donors (Lipinski definition) is 0. The van der Waals surface area contributed by atoms with Gasteiger partial charge in [-0.05, 0) is 44.9 Å². The molecule has 1 fully saturated rings. The first kappa shape index (κ1) is 23.6. The lowest BCUT2D eigenvalue weighted by molar-refractivity contribution is 0.00578. The number of benzene rings is 2. The quantitative estimate of drug-likeness (QED) is 0.226. The Morgan fingerprint density at radius 1 is 1.00 bits per heavy atom. The van der Waals surface area contributed by atoms with Crippen LogP contribution in [-0.4, -0.2) is 22.9 Å². The zero-order valence-electron chi connectivity index (χ0n) is 21.1. The van der Waals surface area contributed by atoms with Crippen LogP contribution in [0.25, 0.3) is 21.8 Å². The SMILES string of the molecule is C=CC(/C=C\C(=C)C(C)(C)c1cccc2c3ccccc3n(C)c12)B1OC(C)(C)C(C)(C)O1. The Morgan fingerprint density at radius 3 is 2.24 bits per heavy atom. The second kappa shape index (κ2) is 8.04. The van der Waals surface area contributed by atoms with Crippen LogP contribution in [0.1, 0.15) is 47.1 Å². The van der Waals surface area contributed by atoms with Crippen molar-refractivity contribution in [3.63, 3.8) is 0 Å². The summed E-state index contributed by atoms with van der Waals surface area (Å²) < 4.78 is 14.8. The topological polar surface area (TPSA) is 23.4 Å². The summed E-state index contributed by atoms with van der Waals surface area (Å²) in [7, 11) is 1.79. The Labute approximate surface area is 198 Å². The van der Waals surface area contributed by atoms with Gasteiger partial charge in [-0.25, -0.2) is 0 Å². The van der Waals surface area contributed by atoms with E-state index in [1.54, 1.807) is 0 Å². The van der Waals surface area contributed by atoms with Crippen LogP contribution >= 0.6 is 0 Å². The van der Waals surface area contributed by atoms with Crippen molar-refractivity contribution in [2.45, 2.75) is 64.0 Å². The predicted molar refractivity (Wildman–Crippen MR) is 142 cm³/mol. The van der Waals surface area contributed by atoms with Gasteiger partial charge in [0.2, 0.25) is 0 Å². The number of rotatable bonds is 6. The van der Waals surface area contributed by atoms with Crippen LogP contribution in [0.4, 0.5) is 0 Å². The van der Waals surface area contributed by atoms with Gasteiger partial charge in [-0.15, -0.1) is 6.58 Å². The molecule has 33 heavy (non-hydrogen) atoms. The monoisotopic (exact) mass is 441 g/mol.